The third-order valence-corrected chi connectivity index (χ3v) is 3.35. The predicted octanol–water partition coefficient (Wildman–Crippen LogP) is 3.31. The Kier molecular flexibility index (Phi) is 6.00. The molecule has 134 valence electrons. The highest BCUT2D eigenvalue weighted by molar-refractivity contribution is 5.67. The van der Waals surface area contributed by atoms with Gasteiger partial charge < -0.3 is 10.8 Å². The van der Waals surface area contributed by atoms with Crippen LogP contribution in [0.4, 0.5) is 18.9 Å². The van der Waals surface area contributed by atoms with Gasteiger partial charge in [0.15, 0.2) is 6.61 Å². The Morgan fingerprint density at radius 3 is 1.92 bits per heavy atom. The first-order valence-electron chi connectivity index (χ1n) is 7.34. The summed E-state index contributed by atoms with van der Waals surface area (Å²) in [4.78, 5) is 15.9. The van der Waals surface area contributed by atoms with Crippen molar-refractivity contribution >= 4 is 11.7 Å². The first-order valence-corrected chi connectivity index (χ1v) is 7.34. The summed E-state index contributed by atoms with van der Waals surface area (Å²) in [6.07, 6.45) is -4.40. The molecule has 0 saturated heterocycles. The first kappa shape index (κ1) is 18.8. The second-order valence-electron chi connectivity index (χ2n) is 5.40. The number of carboxylic acid groups (broad SMARTS) is 1. The molecule has 0 saturated carbocycles. The molecule has 0 aliphatic rings. The predicted molar refractivity (Wildman–Crippen MR) is 85.1 cm³/mol. The normalized spacial score (nSPS) is 11.7. The van der Waals surface area contributed by atoms with Gasteiger partial charge in [-0.2, -0.15) is 18.2 Å². The third-order valence-electron chi connectivity index (χ3n) is 3.35. The highest BCUT2D eigenvalue weighted by atomic mass is 19.4. The van der Waals surface area contributed by atoms with Crippen LogP contribution in [0, 0.1) is 0 Å². The van der Waals surface area contributed by atoms with Gasteiger partial charge in [-0.15, -0.1) is 0 Å². The summed E-state index contributed by atoms with van der Waals surface area (Å²) in [7, 11) is 0. The number of hydroxylamine groups is 2. The lowest BCUT2D eigenvalue weighted by molar-refractivity contribution is -0.190. The fraction of sp³-hybridized carbons (Fsp3) is 0.235. The Morgan fingerprint density at radius 1 is 1.00 bits per heavy atom. The van der Waals surface area contributed by atoms with Crippen LogP contribution in [0.2, 0.25) is 0 Å². The maximum Gasteiger partial charge on any atom is 0.416 e. The van der Waals surface area contributed by atoms with Crippen LogP contribution < -0.4 is 5.73 Å². The molecular formula is C17H17F3N2O3. The summed E-state index contributed by atoms with van der Waals surface area (Å²) in [5, 5.41) is 10.1. The van der Waals surface area contributed by atoms with Crippen molar-refractivity contribution in [3.05, 3.63) is 65.2 Å². The van der Waals surface area contributed by atoms with E-state index in [2.05, 4.69) is 0 Å². The summed E-state index contributed by atoms with van der Waals surface area (Å²) in [5.74, 6) is -1.14. The van der Waals surface area contributed by atoms with Crippen molar-refractivity contribution in [3.8, 4) is 0 Å². The highest BCUT2D eigenvalue weighted by Crippen LogP contribution is 2.29. The molecule has 2 rings (SSSR count). The van der Waals surface area contributed by atoms with E-state index in [-0.39, 0.29) is 13.1 Å². The van der Waals surface area contributed by atoms with Gasteiger partial charge in [0.1, 0.15) is 0 Å². The van der Waals surface area contributed by atoms with Crippen LogP contribution in [0.5, 0.6) is 0 Å². The van der Waals surface area contributed by atoms with Crippen molar-refractivity contribution in [2.45, 2.75) is 19.3 Å². The number of carbonyl (C=O) groups is 1. The Balaban J connectivity index is 2.09. The number of rotatable bonds is 7. The van der Waals surface area contributed by atoms with Crippen LogP contribution in [0.3, 0.4) is 0 Å². The molecule has 3 N–H and O–H groups in total. The Bertz CT molecular complexity index is 701. The number of nitrogen functional groups attached to an aromatic ring is 1. The summed E-state index contributed by atoms with van der Waals surface area (Å²) in [6.45, 7) is -0.153. The molecule has 0 unspecified atom stereocenters. The molecule has 0 radical (unpaired) electrons. The maximum absolute atomic E-state index is 12.6. The van der Waals surface area contributed by atoms with E-state index in [0.717, 1.165) is 17.7 Å². The van der Waals surface area contributed by atoms with Crippen LogP contribution in [0.1, 0.15) is 16.7 Å². The van der Waals surface area contributed by atoms with Crippen LogP contribution in [0.15, 0.2) is 48.5 Å². The lowest BCUT2D eigenvalue weighted by atomic mass is 10.1. The molecule has 0 amide bonds. The number of carboxylic acids is 1. The SMILES string of the molecule is Nc1ccc(CN(Cc2ccc(C(F)(F)F)cc2)OCC(=O)O)cc1. The Hall–Kier alpha value is -2.58. The molecule has 8 heteroatoms. The van der Waals surface area contributed by atoms with Gasteiger partial charge in [0.2, 0.25) is 0 Å². The van der Waals surface area contributed by atoms with Gasteiger partial charge >= 0.3 is 12.1 Å². The molecule has 2 aromatic carbocycles. The number of aliphatic carboxylic acids is 1. The lowest BCUT2D eigenvalue weighted by Crippen LogP contribution is -2.26. The number of nitrogens with two attached hydrogens (primary N) is 1. The number of hydrogen-bond acceptors (Lipinski definition) is 4. The molecule has 0 fully saturated rings. The molecule has 2 aromatic rings. The zero-order valence-corrected chi connectivity index (χ0v) is 13.2. The van der Waals surface area contributed by atoms with E-state index in [1.807, 2.05) is 0 Å². The summed E-state index contributed by atoms with van der Waals surface area (Å²) in [6, 6.07) is 11.6. The second kappa shape index (κ2) is 8.00. The van der Waals surface area contributed by atoms with Crippen molar-refractivity contribution in [1.82, 2.24) is 5.06 Å². The summed E-state index contributed by atoms with van der Waals surface area (Å²) >= 11 is 0. The number of anilines is 1. The van der Waals surface area contributed by atoms with E-state index < -0.39 is 24.3 Å². The van der Waals surface area contributed by atoms with Gasteiger partial charge in [0, 0.05) is 18.8 Å². The zero-order chi connectivity index (χ0) is 18.4. The minimum absolute atomic E-state index is 0.135. The minimum Gasteiger partial charge on any atom is -0.479 e. The first-order chi connectivity index (χ1) is 11.7. The Morgan fingerprint density at radius 2 is 1.48 bits per heavy atom. The quantitative estimate of drug-likeness (QED) is 0.589. The fourth-order valence-electron chi connectivity index (χ4n) is 2.12. The third kappa shape index (κ3) is 6.09. The number of nitrogens with zero attached hydrogens (tertiary/aromatic N) is 1. The molecule has 25 heavy (non-hydrogen) atoms. The summed E-state index contributed by atoms with van der Waals surface area (Å²) < 4.78 is 37.8. The molecule has 0 heterocycles. The molecule has 0 aromatic heterocycles. The largest absolute Gasteiger partial charge is 0.479 e. The summed E-state index contributed by atoms with van der Waals surface area (Å²) in [5.41, 5.74) is 6.85. The molecule has 5 nitrogen and oxygen atoms in total. The van der Waals surface area contributed by atoms with Crippen molar-refractivity contribution in [1.29, 1.82) is 0 Å². The van der Waals surface area contributed by atoms with E-state index >= 15 is 0 Å². The standard InChI is InChI=1S/C17H17F3N2O3/c18-17(19,20)14-5-1-12(2-6-14)9-22(25-11-16(23)24)10-13-3-7-15(21)8-4-13/h1-8H,9-11,21H2,(H,23,24). The van der Waals surface area contributed by atoms with Crippen LogP contribution in [-0.4, -0.2) is 22.7 Å². The van der Waals surface area contributed by atoms with E-state index in [1.165, 1.54) is 17.2 Å². The molecule has 0 atom stereocenters. The maximum atomic E-state index is 12.6. The average Bonchev–Trinajstić information content (AvgIpc) is 2.54. The van der Waals surface area contributed by atoms with Gasteiger partial charge in [-0.25, -0.2) is 4.79 Å². The average molecular weight is 354 g/mol. The van der Waals surface area contributed by atoms with E-state index in [0.29, 0.717) is 11.3 Å². The topological polar surface area (TPSA) is 75.8 Å². The minimum atomic E-state index is -4.40. The van der Waals surface area contributed by atoms with Crippen LogP contribution in [-0.2, 0) is 28.9 Å². The van der Waals surface area contributed by atoms with Gasteiger partial charge in [-0.3, -0.25) is 4.84 Å². The van der Waals surface area contributed by atoms with E-state index in [1.54, 1.807) is 24.3 Å². The number of halogens is 3. The second-order valence-corrected chi connectivity index (χ2v) is 5.40. The molecule has 0 aliphatic carbocycles. The molecular weight excluding hydrogens is 337 g/mol. The number of alkyl halides is 3. The fourth-order valence-corrected chi connectivity index (χ4v) is 2.12. The van der Waals surface area contributed by atoms with Crippen molar-refractivity contribution in [2.75, 3.05) is 12.3 Å². The van der Waals surface area contributed by atoms with Gasteiger partial charge in [0.25, 0.3) is 0 Å². The van der Waals surface area contributed by atoms with Crippen molar-refractivity contribution in [3.63, 3.8) is 0 Å². The van der Waals surface area contributed by atoms with E-state index in [9.17, 15) is 18.0 Å². The lowest BCUT2D eigenvalue weighted by Gasteiger charge is -2.21. The molecule has 0 bridgehead atoms. The smallest absolute Gasteiger partial charge is 0.416 e. The van der Waals surface area contributed by atoms with Crippen LogP contribution in [0.25, 0.3) is 0 Å². The molecule has 0 spiro atoms. The van der Waals surface area contributed by atoms with Crippen LogP contribution >= 0.6 is 0 Å². The van der Waals surface area contributed by atoms with Gasteiger partial charge in [0.05, 0.1) is 5.56 Å². The number of benzene rings is 2. The number of hydrogen-bond donors (Lipinski definition) is 2. The van der Waals surface area contributed by atoms with Gasteiger partial charge in [-0.1, -0.05) is 24.3 Å². The Labute approximate surface area is 142 Å². The highest BCUT2D eigenvalue weighted by Gasteiger charge is 2.30. The van der Waals surface area contributed by atoms with Gasteiger partial charge in [-0.05, 0) is 35.4 Å². The van der Waals surface area contributed by atoms with Crippen molar-refractivity contribution in [2.24, 2.45) is 0 Å². The van der Waals surface area contributed by atoms with Crippen molar-refractivity contribution < 1.29 is 27.9 Å². The molecule has 0 aliphatic heterocycles. The monoisotopic (exact) mass is 354 g/mol. The van der Waals surface area contributed by atoms with E-state index in [4.69, 9.17) is 15.7 Å². The zero-order valence-electron chi connectivity index (χ0n) is 13.2.